The summed E-state index contributed by atoms with van der Waals surface area (Å²) in [6.45, 7) is 6.10. The second-order valence-electron chi connectivity index (χ2n) is 6.89. The molecule has 0 aromatic heterocycles. The fourth-order valence-electron chi connectivity index (χ4n) is 2.24. The fourth-order valence-corrected chi connectivity index (χ4v) is 3.85. The van der Waals surface area contributed by atoms with Gasteiger partial charge in [-0.25, -0.2) is 4.79 Å². The van der Waals surface area contributed by atoms with Gasteiger partial charge in [-0.15, -0.1) is 0 Å². The van der Waals surface area contributed by atoms with Gasteiger partial charge in [0.05, 0.1) is 5.75 Å². The largest absolute Gasteiger partial charge is 0.443 e. The lowest BCUT2D eigenvalue weighted by atomic mass is 10.1. The summed E-state index contributed by atoms with van der Waals surface area (Å²) in [6.07, 6.45) is 8.61. The number of nitrogens with one attached hydrogen (secondary N) is 1. The summed E-state index contributed by atoms with van der Waals surface area (Å²) in [5, 5.41) is 2.50. The van der Waals surface area contributed by atoms with Gasteiger partial charge in [0.25, 0.3) is 10.1 Å². The molecule has 1 amide bonds. The van der Waals surface area contributed by atoms with Crippen molar-refractivity contribution < 1.29 is 22.5 Å². The number of hydrogen-bond acceptors (Lipinski definition) is 5. The van der Waals surface area contributed by atoms with Crippen molar-refractivity contribution in [2.75, 3.05) is 23.8 Å². The van der Waals surface area contributed by atoms with Crippen molar-refractivity contribution in [3.8, 4) is 0 Å². The Labute approximate surface area is 165 Å². The van der Waals surface area contributed by atoms with E-state index in [0.29, 0.717) is 0 Å². The van der Waals surface area contributed by atoms with Gasteiger partial charge in [-0.1, -0.05) is 52.9 Å². The van der Waals surface area contributed by atoms with Crippen LogP contribution in [0, 0.1) is 0 Å². The van der Waals surface area contributed by atoms with Gasteiger partial charge in [0.15, 0.2) is 0 Å². The van der Waals surface area contributed by atoms with Crippen molar-refractivity contribution in [1.82, 2.24) is 5.32 Å². The molecule has 6 nitrogen and oxygen atoms in total. The van der Waals surface area contributed by atoms with Crippen molar-refractivity contribution in [1.29, 1.82) is 0 Å². The Hall–Kier alpha value is -0.470. The van der Waals surface area contributed by atoms with E-state index in [0.717, 1.165) is 11.5 Å². The summed E-state index contributed by atoms with van der Waals surface area (Å²) in [6, 6.07) is 0. The summed E-state index contributed by atoms with van der Waals surface area (Å²) < 4.78 is 35.1. The summed E-state index contributed by atoms with van der Waals surface area (Å²) in [5.74, 6) is 1.42. The number of amides is 1. The molecule has 0 saturated heterocycles. The highest BCUT2D eigenvalue weighted by molar-refractivity contribution is 7.99. The number of alkyl carbamates (subject to hydrolysis) is 1. The Morgan fingerprint density at radius 2 is 1.65 bits per heavy atom. The molecule has 0 aliphatic rings. The van der Waals surface area contributed by atoms with Crippen molar-refractivity contribution in [3.63, 3.8) is 0 Å². The molecule has 0 spiro atoms. The Morgan fingerprint density at radius 3 is 2.23 bits per heavy atom. The molecule has 0 atom stereocenters. The monoisotopic (exact) mass is 413 g/mol. The van der Waals surface area contributed by atoms with E-state index < -0.39 is 21.8 Å². The Bertz CT molecular complexity index is 452. The molecule has 0 saturated carbocycles. The average molecular weight is 414 g/mol. The number of carbonyl (C=O) groups excluding carboxylic acids is 1. The van der Waals surface area contributed by atoms with Gasteiger partial charge in [-0.3, -0.25) is 4.55 Å². The molecule has 0 rings (SSSR count). The Morgan fingerprint density at radius 1 is 1.08 bits per heavy atom. The van der Waals surface area contributed by atoms with E-state index in [1.807, 2.05) is 13.8 Å². The fraction of sp³-hybridized carbons (Fsp3) is 0.944. The number of carbonyl (C=O) groups is 1. The number of unbranched alkanes of at least 4 members (excludes halogenated alkanes) is 6. The Kier molecular flexibility index (Phi) is 16.6. The van der Waals surface area contributed by atoms with Crippen molar-refractivity contribution in [2.45, 2.75) is 85.2 Å². The molecule has 158 valence electrons. The maximum Gasteiger partial charge on any atom is 0.407 e. The molecule has 0 aliphatic carbocycles. The zero-order valence-electron chi connectivity index (χ0n) is 15.9. The second-order valence-corrected chi connectivity index (χ2v) is 9.57. The van der Waals surface area contributed by atoms with E-state index in [-0.39, 0.29) is 26.1 Å². The summed E-state index contributed by atoms with van der Waals surface area (Å²) in [5.41, 5.74) is -0.571. The number of ether oxygens (including phenoxy) is 1. The summed E-state index contributed by atoms with van der Waals surface area (Å²) in [4.78, 5) is 11.7. The van der Waals surface area contributed by atoms with Crippen LogP contribution in [0.2, 0.25) is 0 Å². The average Bonchev–Trinajstić information content (AvgIpc) is 2.48. The first-order valence-corrected chi connectivity index (χ1v) is 11.9. The molecule has 0 heterocycles. The third-order valence-corrected chi connectivity index (χ3v) is 5.84. The predicted molar refractivity (Wildman–Crippen MR) is 112 cm³/mol. The van der Waals surface area contributed by atoms with Crippen LogP contribution in [0.5, 0.6) is 0 Å². The van der Waals surface area contributed by atoms with Gasteiger partial charge >= 0.3 is 6.09 Å². The molecule has 0 radical (unpaired) electrons. The Balaban J connectivity index is 0. The molecule has 26 heavy (non-hydrogen) atoms. The van der Waals surface area contributed by atoms with E-state index in [4.69, 9.17) is 9.29 Å². The first-order valence-electron chi connectivity index (χ1n) is 9.16. The minimum Gasteiger partial charge on any atom is -0.443 e. The topological polar surface area (TPSA) is 92.7 Å². The lowest BCUT2D eigenvalue weighted by Crippen LogP contribution is -2.37. The van der Waals surface area contributed by atoms with E-state index in [1.54, 1.807) is 11.8 Å². The lowest BCUT2D eigenvalue weighted by molar-refractivity contribution is 0.0561. The van der Waals surface area contributed by atoms with Crippen LogP contribution in [-0.2, 0) is 14.9 Å². The molecule has 8 heteroatoms. The molecule has 2 N–H and O–H groups in total. The van der Waals surface area contributed by atoms with E-state index in [2.05, 4.69) is 12.2 Å². The minimum absolute atomic E-state index is 0. The van der Waals surface area contributed by atoms with Crippen LogP contribution in [0.1, 0.15) is 79.6 Å². The lowest BCUT2D eigenvalue weighted by Gasteiger charge is -2.24. The number of rotatable bonds is 15. The van der Waals surface area contributed by atoms with Crippen LogP contribution >= 0.6 is 11.8 Å². The molecule has 0 aromatic carbocycles. The molecule has 0 aliphatic heterocycles. The number of thioether (sulfide) groups is 1. The van der Waals surface area contributed by atoms with Gasteiger partial charge < -0.3 is 10.1 Å². The minimum atomic E-state index is -3.98. The molecule has 0 unspecified atom stereocenters. The van der Waals surface area contributed by atoms with Gasteiger partial charge in [0, 0.05) is 12.3 Å². The van der Waals surface area contributed by atoms with Crippen molar-refractivity contribution in [3.05, 3.63) is 0 Å². The van der Waals surface area contributed by atoms with Crippen LogP contribution in [0.3, 0.4) is 0 Å². The first-order chi connectivity index (χ1) is 11.7. The molecule has 0 aromatic rings. The van der Waals surface area contributed by atoms with Crippen LogP contribution < -0.4 is 5.32 Å². The van der Waals surface area contributed by atoms with Gasteiger partial charge in [0.2, 0.25) is 0 Å². The highest BCUT2D eigenvalue weighted by Crippen LogP contribution is 2.19. The number of hydrogen-bond donors (Lipinski definition) is 2. The maximum atomic E-state index is 11.7. The third kappa shape index (κ3) is 19.8. The molecular formula is C18H39NO5S2. The quantitative estimate of drug-likeness (QED) is 0.293. The molecule has 0 bridgehead atoms. The van der Waals surface area contributed by atoms with Crippen LogP contribution in [0.15, 0.2) is 0 Å². The summed E-state index contributed by atoms with van der Waals surface area (Å²) in [7, 11) is -3.98. The molecule has 0 fully saturated rings. The van der Waals surface area contributed by atoms with Gasteiger partial charge in [0.1, 0.15) is 5.60 Å². The molecular weight excluding hydrogens is 374 g/mol. The van der Waals surface area contributed by atoms with E-state index in [1.165, 1.54) is 44.9 Å². The SMILES string of the molecule is C.CCCCCCCCCSCC(C)(C)OC(=O)NCCCS(=O)(=O)O. The predicted octanol–water partition coefficient (Wildman–Crippen LogP) is 4.89. The normalized spacial score (nSPS) is 11.7. The van der Waals surface area contributed by atoms with Gasteiger partial charge in [-0.05, 0) is 32.4 Å². The maximum absolute atomic E-state index is 11.7. The third-order valence-electron chi connectivity index (χ3n) is 3.56. The van der Waals surface area contributed by atoms with Crippen molar-refractivity contribution >= 4 is 28.0 Å². The van der Waals surface area contributed by atoms with Crippen LogP contribution in [-0.4, -0.2) is 48.5 Å². The zero-order chi connectivity index (χ0) is 19.2. The summed E-state index contributed by atoms with van der Waals surface area (Å²) >= 11 is 1.78. The zero-order valence-corrected chi connectivity index (χ0v) is 17.5. The first kappa shape index (κ1) is 27.7. The highest BCUT2D eigenvalue weighted by Gasteiger charge is 2.22. The smallest absolute Gasteiger partial charge is 0.407 e. The van der Waals surface area contributed by atoms with Crippen LogP contribution in [0.4, 0.5) is 4.79 Å². The van der Waals surface area contributed by atoms with Crippen LogP contribution in [0.25, 0.3) is 0 Å². The standard InChI is InChI=1S/C17H35NO5S2.CH4/c1-4-5-6-7-8-9-10-13-24-15-17(2,3)23-16(19)18-12-11-14-25(20,21)22;/h4-15H2,1-3H3,(H,18,19)(H,20,21,22);1H4. The highest BCUT2D eigenvalue weighted by atomic mass is 32.2. The van der Waals surface area contributed by atoms with E-state index >= 15 is 0 Å². The van der Waals surface area contributed by atoms with E-state index in [9.17, 15) is 13.2 Å². The van der Waals surface area contributed by atoms with Gasteiger partial charge in [-0.2, -0.15) is 20.2 Å². The van der Waals surface area contributed by atoms with Crippen molar-refractivity contribution in [2.24, 2.45) is 0 Å². The second kappa shape index (κ2) is 15.6.